The predicted octanol–water partition coefficient (Wildman–Crippen LogP) is 2.03. The molecule has 2 heterocycles. The van der Waals surface area contributed by atoms with Crippen LogP contribution in [0, 0.1) is 0 Å². The summed E-state index contributed by atoms with van der Waals surface area (Å²) in [7, 11) is 0. The van der Waals surface area contributed by atoms with Gasteiger partial charge in [0.05, 0.1) is 0 Å². The monoisotopic (exact) mass is 279 g/mol. The molecular weight excluding hydrogens is 262 g/mol. The molecule has 5 heteroatoms. The number of fused-ring (bicyclic) bond motifs is 1. The fourth-order valence-electron chi connectivity index (χ4n) is 2.81. The third kappa shape index (κ3) is 2.25. The maximum Gasteiger partial charge on any atom is 0.245 e. The number of H-pyrrole nitrogens is 1. The van der Waals surface area contributed by atoms with Crippen LogP contribution in [0.2, 0.25) is 0 Å². The number of rotatable bonds is 2. The maximum absolute atomic E-state index is 4.69. The number of piperazine rings is 1. The molecule has 0 radical (unpaired) electrons. The first-order chi connectivity index (χ1) is 10.4. The predicted molar refractivity (Wildman–Crippen MR) is 84.4 cm³/mol. The average Bonchev–Trinajstić information content (AvgIpc) is 3.05. The van der Waals surface area contributed by atoms with Crippen molar-refractivity contribution in [2.24, 2.45) is 0 Å². The zero-order valence-corrected chi connectivity index (χ0v) is 11.7. The average molecular weight is 279 g/mol. The van der Waals surface area contributed by atoms with Crippen LogP contribution in [-0.4, -0.2) is 41.4 Å². The highest BCUT2D eigenvalue weighted by Gasteiger charge is 2.16. The molecule has 0 unspecified atom stereocenters. The molecule has 4 rings (SSSR count). The first-order valence-electron chi connectivity index (χ1n) is 7.28. The van der Waals surface area contributed by atoms with Gasteiger partial charge in [0.25, 0.3) is 0 Å². The summed E-state index contributed by atoms with van der Waals surface area (Å²) in [6, 6.07) is 14.6. The van der Waals surface area contributed by atoms with E-state index in [1.807, 2.05) is 0 Å². The summed E-state index contributed by atoms with van der Waals surface area (Å²) in [6.45, 7) is 3.87. The van der Waals surface area contributed by atoms with Crippen LogP contribution in [0.5, 0.6) is 0 Å². The van der Waals surface area contributed by atoms with Crippen LogP contribution in [0.4, 0.5) is 5.95 Å². The molecule has 5 nitrogen and oxygen atoms in total. The van der Waals surface area contributed by atoms with Gasteiger partial charge in [0.2, 0.25) is 5.95 Å². The third-order valence-electron chi connectivity index (χ3n) is 3.92. The first kappa shape index (κ1) is 12.3. The molecule has 1 fully saturated rings. The lowest BCUT2D eigenvalue weighted by molar-refractivity contribution is 0.580. The van der Waals surface area contributed by atoms with E-state index < -0.39 is 0 Å². The van der Waals surface area contributed by atoms with Crippen LogP contribution in [0.3, 0.4) is 0 Å². The minimum atomic E-state index is 0.791. The van der Waals surface area contributed by atoms with Crippen LogP contribution in [0.1, 0.15) is 0 Å². The smallest absolute Gasteiger partial charge is 0.245 e. The summed E-state index contributed by atoms with van der Waals surface area (Å²) in [4.78, 5) is 6.90. The van der Waals surface area contributed by atoms with E-state index in [9.17, 15) is 0 Å². The van der Waals surface area contributed by atoms with Crippen LogP contribution in [0.25, 0.3) is 22.2 Å². The van der Waals surface area contributed by atoms with Crippen molar-refractivity contribution >= 4 is 16.7 Å². The van der Waals surface area contributed by atoms with Crippen molar-refractivity contribution in [2.75, 3.05) is 31.1 Å². The van der Waals surface area contributed by atoms with Gasteiger partial charge in [-0.2, -0.15) is 4.98 Å². The Hall–Kier alpha value is -2.40. The summed E-state index contributed by atoms with van der Waals surface area (Å²) >= 11 is 0. The molecule has 0 spiro atoms. The highest BCUT2D eigenvalue weighted by Crippen LogP contribution is 2.26. The lowest BCUT2D eigenvalue weighted by Gasteiger charge is -2.25. The van der Waals surface area contributed by atoms with Crippen molar-refractivity contribution < 1.29 is 0 Å². The van der Waals surface area contributed by atoms with E-state index in [2.05, 4.69) is 67.9 Å². The number of nitrogens with zero attached hydrogens (tertiary/aromatic N) is 3. The second kappa shape index (κ2) is 5.18. The molecule has 0 bridgehead atoms. The summed E-state index contributed by atoms with van der Waals surface area (Å²) in [5.41, 5.74) is 1.10. The molecule has 1 aliphatic heterocycles. The van der Waals surface area contributed by atoms with E-state index in [0.29, 0.717) is 0 Å². The van der Waals surface area contributed by atoms with Crippen LogP contribution >= 0.6 is 0 Å². The molecule has 1 saturated heterocycles. The number of benzene rings is 2. The Kier molecular flexibility index (Phi) is 3.05. The van der Waals surface area contributed by atoms with Crippen molar-refractivity contribution in [3.05, 3.63) is 42.5 Å². The summed E-state index contributed by atoms with van der Waals surface area (Å²) in [5.74, 6) is 1.62. The van der Waals surface area contributed by atoms with Crippen LogP contribution in [0.15, 0.2) is 42.5 Å². The van der Waals surface area contributed by atoms with E-state index in [1.165, 1.54) is 10.8 Å². The van der Waals surface area contributed by atoms with Crippen molar-refractivity contribution in [3.8, 4) is 11.4 Å². The molecule has 1 aliphatic rings. The molecule has 0 saturated carbocycles. The van der Waals surface area contributed by atoms with Crippen molar-refractivity contribution in [1.82, 2.24) is 20.5 Å². The van der Waals surface area contributed by atoms with E-state index in [-0.39, 0.29) is 0 Å². The zero-order valence-electron chi connectivity index (χ0n) is 11.7. The number of anilines is 1. The number of hydrogen-bond acceptors (Lipinski definition) is 4. The highest BCUT2D eigenvalue weighted by atomic mass is 15.4. The number of aromatic amines is 1. The van der Waals surface area contributed by atoms with Gasteiger partial charge in [-0.05, 0) is 10.8 Å². The van der Waals surface area contributed by atoms with Crippen LogP contribution < -0.4 is 10.2 Å². The minimum absolute atomic E-state index is 0.791. The molecule has 0 atom stereocenters. The molecule has 0 amide bonds. The second-order valence-corrected chi connectivity index (χ2v) is 5.25. The van der Waals surface area contributed by atoms with Gasteiger partial charge < -0.3 is 10.2 Å². The van der Waals surface area contributed by atoms with Crippen LogP contribution in [-0.2, 0) is 0 Å². The Morgan fingerprint density at radius 3 is 2.67 bits per heavy atom. The Morgan fingerprint density at radius 2 is 1.76 bits per heavy atom. The van der Waals surface area contributed by atoms with E-state index in [1.54, 1.807) is 0 Å². The van der Waals surface area contributed by atoms with E-state index in [0.717, 1.165) is 43.5 Å². The Bertz CT molecular complexity index is 753. The Morgan fingerprint density at radius 1 is 0.952 bits per heavy atom. The molecule has 2 N–H and O–H groups in total. The van der Waals surface area contributed by atoms with Gasteiger partial charge >= 0.3 is 0 Å². The quantitative estimate of drug-likeness (QED) is 0.753. The van der Waals surface area contributed by atoms with Gasteiger partial charge in [0.1, 0.15) is 0 Å². The van der Waals surface area contributed by atoms with Crippen molar-refractivity contribution in [1.29, 1.82) is 0 Å². The number of nitrogens with one attached hydrogen (secondary N) is 2. The van der Waals surface area contributed by atoms with Crippen molar-refractivity contribution in [2.45, 2.75) is 0 Å². The molecule has 2 aromatic carbocycles. The maximum atomic E-state index is 4.69. The minimum Gasteiger partial charge on any atom is -0.337 e. The zero-order chi connectivity index (χ0) is 14.1. The van der Waals surface area contributed by atoms with Crippen molar-refractivity contribution in [3.63, 3.8) is 0 Å². The first-order valence-corrected chi connectivity index (χ1v) is 7.28. The van der Waals surface area contributed by atoms with Gasteiger partial charge in [-0.25, -0.2) is 0 Å². The highest BCUT2D eigenvalue weighted by molar-refractivity contribution is 5.95. The number of aromatic nitrogens is 3. The van der Waals surface area contributed by atoms with E-state index in [4.69, 9.17) is 0 Å². The standard InChI is InChI=1S/C16H17N5/c1-2-6-13-12(4-1)5-3-7-14(13)15-18-16(20-19-15)21-10-8-17-9-11-21/h1-7,17H,8-11H2,(H,18,19,20). The van der Waals surface area contributed by atoms with E-state index >= 15 is 0 Å². The molecular formula is C16H17N5. The molecule has 0 aliphatic carbocycles. The summed E-state index contributed by atoms with van der Waals surface area (Å²) < 4.78 is 0. The van der Waals surface area contributed by atoms with Gasteiger partial charge in [-0.3, -0.25) is 5.10 Å². The SMILES string of the molecule is c1ccc2c(-c3nc(N4CCNCC4)n[nH]3)cccc2c1. The summed E-state index contributed by atoms with van der Waals surface area (Å²) in [6.07, 6.45) is 0. The lowest BCUT2D eigenvalue weighted by Crippen LogP contribution is -2.44. The molecule has 3 aromatic rings. The Labute approximate surface area is 123 Å². The molecule has 21 heavy (non-hydrogen) atoms. The lowest BCUT2D eigenvalue weighted by atomic mass is 10.0. The number of hydrogen-bond donors (Lipinski definition) is 2. The summed E-state index contributed by atoms with van der Waals surface area (Å²) in [5, 5.41) is 13.2. The molecule has 106 valence electrons. The largest absolute Gasteiger partial charge is 0.337 e. The fourth-order valence-corrected chi connectivity index (χ4v) is 2.81. The third-order valence-corrected chi connectivity index (χ3v) is 3.92. The van der Waals surface area contributed by atoms with Gasteiger partial charge in [-0.15, -0.1) is 5.10 Å². The second-order valence-electron chi connectivity index (χ2n) is 5.25. The van der Waals surface area contributed by atoms with Gasteiger partial charge in [0, 0.05) is 31.7 Å². The van der Waals surface area contributed by atoms with Gasteiger partial charge in [-0.1, -0.05) is 42.5 Å². The Balaban J connectivity index is 1.74. The normalized spacial score (nSPS) is 15.5. The topological polar surface area (TPSA) is 56.8 Å². The molecule has 1 aromatic heterocycles. The fraction of sp³-hybridized carbons (Fsp3) is 0.250. The van der Waals surface area contributed by atoms with Gasteiger partial charge in [0.15, 0.2) is 5.82 Å².